The van der Waals surface area contributed by atoms with E-state index in [2.05, 4.69) is 10.4 Å². The lowest BCUT2D eigenvalue weighted by molar-refractivity contribution is -0.112. The molecule has 0 aliphatic carbocycles. The first-order chi connectivity index (χ1) is 11.0. The Bertz CT molecular complexity index is 766. The van der Waals surface area contributed by atoms with Crippen LogP contribution >= 0.6 is 11.6 Å². The second kappa shape index (κ2) is 7.61. The van der Waals surface area contributed by atoms with E-state index in [1.165, 1.54) is 6.08 Å². The van der Waals surface area contributed by atoms with Crippen LogP contribution in [0.3, 0.4) is 0 Å². The number of carbonyl (C=O) groups is 1. The molecule has 0 spiro atoms. The Kier molecular flexibility index (Phi) is 5.56. The van der Waals surface area contributed by atoms with Gasteiger partial charge in [0.2, 0.25) is 0 Å². The fourth-order valence-corrected chi connectivity index (χ4v) is 2.34. The first-order valence-corrected chi connectivity index (χ1v) is 7.66. The second-order valence-corrected chi connectivity index (χ2v) is 5.49. The van der Waals surface area contributed by atoms with Crippen molar-refractivity contribution in [3.63, 3.8) is 0 Å². The lowest BCUT2D eigenvalue weighted by Gasteiger charge is -2.10. The summed E-state index contributed by atoms with van der Waals surface area (Å²) >= 11 is 5.66. The number of para-hydroxylation sites is 1. The molecular formula is C17H17ClN4O. The first kappa shape index (κ1) is 16.8. The average Bonchev–Trinajstić information content (AvgIpc) is 2.96. The molecule has 2 aromatic rings. The first-order valence-electron chi connectivity index (χ1n) is 7.13. The normalized spacial score (nSPS) is 11.1. The molecular weight excluding hydrogens is 312 g/mol. The molecule has 0 radical (unpaired) electrons. The third-order valence-corrected chi connectivity index (χ3v) is 3.53. The van der Waals surface area contributed by atoms with Gasteiger partial charge >= 0.3 is 0 Å². The van der Waals surface area contributed by atoms with Gasteiger partial charge in [-0.2, -0.15) is 10.4 Å². The molecule has 0 aliphatic rings. The van der Waals surface area contributed by atoms with Gasteiger partial charge in [-0.3, -0.25) is 9.48 Å². The molecule has 2 rings (SSSR count). The van der Waals surface area contributed by atoms with Crippen molar-refractivity contribution in [3.05, 3.63) is 52.9 Å². The maximum atomic E-state index is 12.3. The summed E-state index contributed by atoms with van der Waals surface area (Å²) in [6, 6.07) is 7.68. The van der Waals surface area contributed by atoms with Gasteiger partial charge in [0, 0.05) is 23.3 Å². The molecule has 1 amide bonds. The van der Waals surface area contributed by atoms with Crippen LogP contribution in [0.15, 0.2) is 36.2 Å². The van der Waals surface area contributed by atoms with Crippen molar-refractivity contribution >= 4 is 29.3 Å². The highest BCUT2D eigenvalue weighted by molar-refractivity contribution is 6.17. The van der Waals surface area contributed by atoms with Crippen molar-refractivity contribution in [2.45, 2.75) is 20.4 Å². The number of anilines is 1. The van der Waals surface area contributed by atoms with Crippen molar-refractivity contribution in [3.8, 4) is 6.07 Å². The van der Waals surface area contributed by atoms with Gasteiger partial charge in [-0.15, -0.1) is 11.6 Å². The van der Waals surface area contributed by atoms with Crippen LogP contribution in [0.2, 0.25) is 0 Å². The highest BCUT2D eigenvalue weighted by Crippen LogP contribution is 2.20. The zero-order valence-electron chi connectivity index (χ0n) is 13.0. The highest BCUT2D eigenvalue weighted by Gasteiger charge is 2.12. The summed E-state index contributed by atoms with van der Waals surface area (Å²) in [6.45, 7) is 4.40. The minimum absolute atomic E-state index is 0.0260. The summed E-state index contributed by atoms with van der Waals surface area (Å²) < 4.78 is 1.66. The van der Waals surface area contributed by atoms with Gasteiger partial charge in [0.15, 0.2) is 0 Å². The summed E-state index contributed by atoms with van der Waals surface area (Å²) in [4.78, 5) is 12.3. The lowest BCUT2D eigenvalue weighted by Crippen LogP contribution is -2.15. The standard InChI is InChI=1S/C17H17ClN4O/c1-12-4-3-5-13(2)16(12)21-17(23)15(9-19)8-14-10-20-22(11-14)7-6-18/h3-5,8,10-11H,6-7H2,1-2H3,(H,21,23). The van der Waals surface area contributed by atoms with Gasteiger partial charge < -0.3 is 5.32 Å². The van der Waals surface area contributed by atoms with Gasteiger partial charge in [0.1, 0.15) is 11.6 Å². The SMILES string of the molecule is Cc1cccc(C)c1NC(=O)C(C#N)=Cc1cnn(CCCl)c1. The molecule has 23 heavy (non-hydrogen) atoms. The van der Waals surface area contributed by atoms with Gasteiger partial charge in [-0.1, -0.05) is 18.2 Å². The summed E-state index contributed by atoms with van der Waals surface area (Å²) in [7, 11) is 0. The van der Waals surface area contributed by atoms with E-state index >= 15 is 0 Å². The molecule has 0 fully saturated rings. The van der Waals surface area contributed by atoms with Gasteiger partial charge in [-0.25, -0.2) is 0 Å². The highest BCUT2D eigenvalue weighted by atomic mass is 35.5. The quantitative estimate of drug-likeness (QED) is 0.520. The van der Waals surface area contributed by atoms with Crippen LogP contribution < -0.4 is 5.32 Å². The molecule has 0 unspecified atom stereocenters. The van der Waals surface area contributed by atoms with Crippen LogP contribution in [-0.4, -0.2) is 21.6 Å². The molecule has 0 saturated carbocycles. The zero-order valence-corrected chi connectivity index (χ0v) is 13.8. The Morgan fingerprint density at radius 1 is 1.43 bits per heavy atom. The smallest absolute Gasteiger partial charge is 0.266 e. The third-order valence-electron chi connectivity index (χ3n) is 3.36. The molecule has 0 saturated heterocycles. The van der Waals surface area contributed by atoms with E-state index in [0.717, 1.165) is 16.8 Å². The number of benzene rings is 1. The Morgan fingerprint density at radius 3 is 2.74 bits per heavy atom. The minimum Gasteiger partial charge on any atom is -0.321 e. The fourth-order valence-electron chi connectivity index (χ4n) is 2.17. The third kappa shape index (κ3) is 4.21. The molecule has 0 bridgehead atoms. The number of aromatic nitrogens is 2. The number of nitrogens with zero attached hydrogens (tertiary/aromatic N) is 3. The van der Waals surface area contributed by atoms with E-state index in [0.29, 0.717) is 18.0 Å². The van der Waals surface area contributed by atoms with E-state index in [1.807, 2.05) is 38.1 Å². The Hall–Kier alpha value is -2.58. The average molecular weight is 329 g/mol. The number of carbonyl (C=O) groups excluding carboxylic acids is 1. The maximum Gasteiger partial charge on any atom is 0.266 e. The second-order valence-electron chi connectivity index (χ2n) is 5.12. The fraction of sp³-hybridized carbons (Fsp3) is 0.235. The Balaban J connectivity index is 2.21. The van der Waals surface area contributed by atoms with Crippen molar-refractivity contribution in [1.82, 2.24) is 9.78 Å². The number of hydrogen-bond acceptors (Lipinski definition) is 3. The van der Waals surface area contributed by atoms with Crippen molar-refractivity contribution in [2.75, 3.05) is 11.2 Å². The molecule has 1 N–H and O–H groups in total. The summed E-state index contributed by atoms with van der Waals surface area (Å²) in [5.41, 5.74) is 3.34. The number of aryl methyl sites for hydroxylation is 3. The summed E-state index contributed by atoms with van der Waals surface area (Å²) in [5, 5.41) is 16.2. The molecule has 118 valence electrons. The van der Waals surface area contributed by atoms with E-state index in [-0.39, 0.29) is 5.57 Å². The lowest BCUT2D eigenvalue weighted by atomic mass is 10.1. The predicted molar refractivity (Wildman–Crippen MR) is 91.1 cm³/mol. The van der Waals surface area contributed by atoms with Crippen LogP contribution in [0.5, 0.6) is 0 Å². The molecule has 1 aromatic carbocycles. The van der Waals surface area contributed by atoms with Crippen molar-refractivity contribution in [1.29, 1.82) is 5.26 Å². The number of nitrogens with one attached hydrogen (secondary N) is 1. The number of hydrogen-bond donors (Lipinski definition) is 1. The number of rotatable bonds is 5. The number of alkyl halides is 1. The predicted octanol–water partition coefficient (Wildman–Crippen LogP) is 3.28. The van der Waals surface area contributed by atoms with Crippen LogP contribution in [0.4, 0.5) is 5.69 Å². The molecule has 1 aromatic heterocycles. The molecule has 1 heterocycles. The van der Waals surface area contributed by atoms with E-state index < -0.39 is 5.91 Å². The van der Waals surface area contributed by atoms with Crippen LogP contribution in [-0.2, 0) is 11.3 Å². The van der Waals surface area contributed by atoms with Crippen LogP contribution in [0.25, 0.3) is 6.08 Å². The van der Waals surface area contributed by atoms with Crippen molar-refractivity contribution < 1.29 is 4.79 Å². The van der Waals surface area contributed by atoms with Gasteiger partial charge in [-0.05, 0) is 31.1 Å². The number of amides is 1. The van der Waals surface area contributed by atoms with Crippen LogP contribution in [0, 0.1) is 25.2 Å². The van der Waals surface area contributed by atoms with Gasteiger partial charge in [0.05, 0.1) is 12.7 Å². The molecule has 0 atom stereocenters. The zero-order chi connectivity index (χ0) is 16.8. The minimum atomic E-state index is -0.435. The number of halogens is 1. The topological polar surface area (TPSA) is 70.7 Å². The monoisotopic (exact) mass is 328 g/mol. The van der Waals surface area contributed by atoms with Crippen LogP contribution in [0.1, 0.15) is 16.7 Å². The Labute approximate surface area is 140 Å². The maximum absolute atomic E-state index is 12.3. The van der Waals surface area contributed by atoms with E-state index in [1.54, 1.807) is 17.1 Å². The molecule has 0 aliphatic heterocycles. The molecule has 6 heteroatoms. The number of nitriles is 1. The van der Waals surface area contributed by atoms with E-state index in [9.17, 15) is 10.1 Å². The largest absolute Gasteiger partial charge is 0.321 e. The van der Waals surface area contributed by atoms with E-state index in [4.69, 9.17) is 11.6 Å². The van der Waals surface area contributed by atoms with Crippen molar-refractivity contribution in [2.24, 2.45) is 0 Å². The molecule has 5 nitrogen and oxygen atoms in total. The summed E-state index contributed by atoms with van der Waals surface area (Å²) in [5.74, 6) is 0.0122. The Morgan fingerprint density at radius 2 is 2.13 bits per heavy atom. The van der Waals surface area contributed by atoms with Gasteiger partial charge in [0.25, 0.3) is 5.91 Å². The summed E-state index contributed by atoms with van der Waals surface area (Å²) in [6.07, 6.45) is 4.85.